The van der Waals surface area contributed by atoms with E-state index in [-0.39, 0.29) is 11.8 Å². The second-order valence-electron chi connectivity index (χ2n) is 5.75. The number of amides is 1. The normalized spacial score (nSPS) is 17.0. The Morgan fingerprint density at radius 2 is 2.00 bits per heavy atom. The third-order valence-electron chi connectivity index (χ3n) is 4.09. The first-order chi connectivity index (χ1) is 10.6. The molecule has 0 saturated carbocycles. The van der Waals surface area contributed by atoms with Gasteiger partial charge in [-0.1, -0.05) is 12.1 Å². The van der Waals surface area contributed by atoms with Gasteiger partial charge in [-0.3, -0.25) is 4.79 Å². The summed E-state index contributed by atoms with van der Waals surface area (Å²) in [6.45, 7) is 4.57. The Balaban J connectivity index is 1.89. The van der Waals surface area contributed by atoms with Crippen molar-refractivity contribution in [1.29, 1.82) is 0 Å². The first-order valence-corrected chi connectivity index (χ1v) is 7.92. The molecule has 1 atom stereocenters. The fourth-order valence-corrected chi connectivity index (χ4v) is 2.74. The number of carbonyl (C=O) groups excluding carboxylic acids is 1. The summed E-state index contributed by atoms with van der Waals surface area (Å²) in [5.41, 5.74) is 7.21. The van der Waals surface area contributed by atoms with E-state index in [1.165, 1.54) is 0 Å². The van der Waals surface area contributed by atoms with Gasteiger partial charge in [0.15, 0.2) is 0 Å². The van der Waals surface area contributed by atoms with Gasteiger partial charge in [-0.2, -0.15) is 0 Å². The third kappa shape index (κ3) is 4.45. The predicted octanol–water partition coefficient (Wildman–Crippen LogP) is 1.80. The summed E-state index contributed by atoms with van der Waals surface area (Å²) >= 11 is 0. The summed E-state index contributed by atoms with van der Waals surface area (Å²) in [7, 11) is 1.80. The summed E-state index contributed by atoms with van der Waals surface area (Å²) in [6, 6.07) is 7.38. The fraction of sp³-hybridized carbons (Fsp3) is 0.588. The van der Waals surface area contributed by atoms with Crippen LogP contribution in [0.1, 0.15) is 25.3 Å². The molecule has 1 amide bonds. The number of benzene rings is 1. The Kier molecular flexibility index (Phi) is 6.21. The van der Waals surface area contributed by atoms with Crippen LogP contribution >= 0.6 is 0 Å². The third-order valence-corrected chi connectivity index (χ3v) is 4.09. The number of hydrogen-bond acceptors (Lipinski definition) is 4. The van der Waals surface area contributed by atoms with E-state index in [1.54, 1.807) is 11.9 Å². The van der Waals surface area contributed by atoms with Crippen molar-refractivity contribution >= 4 is 5.91 Å². The molecule has 5 nitrogen and oxygen atoms in total. The summed E-state index contributed by atoms with van der Waals surface area (Å²) in [6.07, 6.45) is 1.73. The first-order valence-electron chi connectivity index (χ1n) is 7.92. The average molecular weight is 306 g/mol. The molecule has 1 aliphatic heterocycles. The van der Waals surface area contributed by atoms with Crippen LogP contribution in [0, 0.1) is 5.92 Å². The molecule has 1 fully saturated rings. The fourth-order valence-electron chi connectivity index (χ4n) is 2.74. The smallest absolute Gasteiger partial charge is 0.239 e. The summed E-state index contributed by atoms with van der Waals surface area (Å²) in [5.74, 6) is 1.07. The number of ether oxygens (including phenoxy) is 2. The molecule has 2 N–H and O–H groups in total. The lowest BCUT2D eigenvalue weighted by atomic mass is 9.91. The van der Waals surface area contributed by atoms with Gasteiger partial charge in [0.05, 0.1) is 12.6 Å². The van der Waals surface area contributed by atoms with Crippen LogP contribution in [0.4, 0.5) is 0 Å². The maximum atomic E-state index is 12.5. The van der Waals surface area contributed by atoms with E-state index in [0.717, 1.165) is 24.2 Å². The molecule has 1 unspecified atom stereocenters. The van der Waals surface area contributed by atoms with Gasteiger partial charge in [-0.25, -0.2) is 0 Å². The Hall–Kier alpha value is -1.59. The molecular weight excluding hydrogens is 280 g/mol. The maximum absolute atomic E-state index is 12.5. The molecule has 0 bridgehead atoms. The van der Waals surface area contributed by atoms with Crippen LogP contribution in [0.5, 0.6) is 5.75 Å². The average Bonchev–Trinajstić information content (AvgIpc) is 2.56. The van der Waals surface area contributed by atoms with Gasteiger partial charge < -0.3 is 20.1 Å². The Bertz CT molecular complexity index is 469. The van der Waals surface area contributed by atoms with Crippen molar-refractivity contribution in [3.05, 3.63) is 29.8 Å². The highest BCUT2D eigenvalue weighted by molar-refractivity contribution is 5.81. The summed E-state index contributed by atoms with van der Waals surface area (Å²) in [4.78, 5) is 14.2. The van der Waals surface area contributed by atoms with Crippen molar-refractivity contribution in [2.75, 3.05) is 26.9 Å². The highest BCUT2D eigenvalue weighted by Crippen LogP contribution is 2.19. The van der Waals surface area contributed by atoms with Crippen molar-refractivity contribution < 1.29 is 14.3 Å². The van der Waals surface area contributed by atoms with Crippen molar-refractivity contribution in [1.82, 2.24) is 4.90 Å². The van der Waals surface area contributed by atoms with E-state index in [9.17, 15) is 4.79 Å². The minimum absolute atomic E-state index is 0.000727. The van der Waals surface area contributed by atoms with Crippen LogP contribution in [0.2, 0.25) is 0 Å². The summed E-state index contributed by atoms with van der Waals surface area (Å²) in [5, 5.41) is 0. The second-order valence-corrected chi connectivity index (χ2v) is 5.75. The summed E-state index contributed by atoms with van der Waals surface area (Å²) < 4.78 is 10.7. The molecule has 1 heterocycles. The van der Waals surface area contributed by atoms with Crippen molar-refractivity contribution in [3.8, 4) is 5.75 Å². The lowest BCUT2D eigenvalue weighted by Crippen LogP contribution is -2.47. The first kappa shape index (κ1) is 16.8. The Labute approximate surface area is 132 Å². The van der Waals surface area contributed by atoms with E-state index in [1.807, 2.05) is 31.2 Å². The van der Waals surface area contributed by atoms with Crippen LogP contribution in [0.15, 0.2) is 24.3 Å². The standard InChI is InChI=1S/C17H26N2O3/c1-3-22-15-6-4-13(5-7-15)12-19(2)17(20)16(18)14-8-10-21-11-9-14/h4-7,14,16H,3,8-12,18H2,1-2H3. The van der Waals surface area contributed by atoms with Crippen molar-refractivity contribution in [3.63, 3.8) is 0 Å². The number of likely N-dealkylation sites (N-methyl/N-ethyl adjacent to an activating group) is 1. The lowest BCUT2D eigenvalue weighted by molar-refractivity contribution is -0.133. The highest BCUT2D eigenvalue weighted by Gasteiger charge is 2.28. The number of nitrogens with two attached hydrogens (primary N) is 1. The molecular formula is C17H26N2O3. The van der Waals surface area contributed by atoms with E-state index in [0.29, 0.717) is 26.4 Å². The van der Waals surface area contributed by atoms with Crippen LogP contribution < -0.4 is 10.5 Å². The molecule has 0 aliphatic carbocycles. The minimum Gasteiger partial charge on any atom is -0.494 e. The number of hydrogen-bond donors (Lipinski definition) is 1. The molecule has 2 rings (SSSR count). The zero-order valence-corrected chi connectivity index (χ0v) is 13.5. The lowest BCUT2D eigenvalue weighted by Gasteiger charge is -2.29. The van der Waals surface area contributed by atoms with Crippen LogP contribution in [-0.2, 0) is 16.1 Å². The minimum atomic E-state index is -0.434. The van der Waals surface area contributed by atoms with Gasteiger partial charge in [-0.05, 0) is 43.4 Å². The molecule has 1 aromatic carbocycles. The molecule has 0 radical (unpaired) electrons. The Morgan fingerprint density at radius 1 is 1.36 bits per heavy atom. The van der Waals surface area contributed by atoms with E-state index in [2.05, 4.69) is 0 Å². The van der Waals surface area contributed by atoms with Crippen molar-refractivity contribution in [2.45, 2.75) is 32.4 Å². The van der Waals surface area contributed by atoms with Gasteiger partial charge in [-0.15, -0.1) is 0 Å². The van der Waals surface area contributed by atoms with Crippen molar-refractivity contribution in [2.24, 2.45) is 11.7 Å². The largest absolute Gasteiger partial charge is 0.494 e. The molecule has 0 aromatic heterocycles. The molecule has 1 aliphatic rings. The molecule has 22 heavy (non-hydrogen) atoms. The van der Waals surface area contributed by atoms with Crippen LogP contribution in [0.3, 0.4) is 0 Å². The van der Waals surface area contributed by atoms with E-state index >= 15 is 0 Å². The SMILES string of the molecule is CCOc1ccc(CN(C)C(=O)C(N)C2CCOCC2)cc1. The number of rotatable bonds is 6. The van der Waals surface area contributed by atoms with E-state index in [4.69, 9.17) is 15.2 Å². The molecule has 1 aromatic rings. The Morgan fingerprint density at radius 3 is 2.59 bits per heavy atom. The van der Waals surface area contributed by atoms with E-state index < -0.39 is 6.04 Å². The quantitative estimate of drug-likeness (QED) is 0.870. The topological polar surface area (TPSA) is 64.8 Å². The monoisotopic (exact) mass is 306 g/mol. The second kappa shape index (κ2) is 8.15. The van der Waals surface area contributed by atoms with Gasteiger partial charge >= 0.3 is 0 Å². The predicted molar refractivity (Wildman–Crippen MR) is 85.6 cm³/mol. The molecule has 5 heteroatoms. The molecule has 122 valence electrons. The van der Waals surface area contributed by atoms with Crippen LogP contribution in [0.25, 0.3) is 0 Å². The highest BCUT2D eigenvalue weighted by atomic mass is 16.5. The maximum Gasteiger partial charge on any atom is 0.239 e. The zero-order chi connectivity index (χ0) is 15.9. The van der Waals surface area contributed by atoms with Gasteiger partial charge in [0.2, 0.25) is 5.91 Å². The van der Waals surface area contributed by atoms with Crippen LogP contribution in [-0.4, -0.2) is 43.7 Å². The van der Waals surface area contributed by atoms with Gasteiger partial charge in [0.1, 0.15) is 5.75 Å². The molecule has 1 saturated heterocycles. The van der Waals surface area contributed by atoms with Gasteiger partial charge in [0, 0.05) is 26.8 Å². The number of nitrogens with zero attached hydrogens (tertiary/aromatic N) is 1. The number of carbonyl (C=O) groups is 1. The molecule has 0 spiro atoms. The zero-order valence-electron chi connectivity index (χ0n) is 13.5. The van der Waals surface area contributed by atoms with Gasteiger partial charge in [0.25, 0.3) is 0 Å².